The fraction of sp³-hybridized carbons (Fsp3) is 0.261. The number of ether oxygens (including phenoxy) is 2. The van der Waals surface area contributed by atoms with Crippen LogP contribution in [0, 0.1) is 0 Å². The molecule has 0 saturated carbocycles. The van der Waals surface area contributed by atoms with Gasteiger partial charge in [-0.3, -0.25) is 14.5 Å². The van der Waals surface area contributed by atoms with E-state index in [2.05, 4.69) is 0 Å². The maximum Gasteiger partial charge on any atom is 0.336 e. The number of aromatic hydroxyl groups is 2. The number of phenols is 2. The predicted molar refractivity (Wildman–Crippen MR) is 121 cm³/mol. The monoisotopic (exact) mass is 470 g/mol. The first kappa shape index (κ1) is 22.5. The number of esters is 1. The highest BCUT2D eigenvalue weighted by atomic mass is 32.2. The zero-order valence-corrected chi connectivity index (χ0v) is 18.7. The number of rotatable bonds is 6. The maximum absolute atomic E-state index is 12.9. The van der Waals surface area contributed by atoms with Crippen molar-refractivity contribution in [1.29, 1.82) is 0 Å². The number of methoxy groups -OCH3 is 1. The molecular formula is C23H22N2O7S. The van der Waals surface area contributed by atoms with Crippen molar-refractivity contribution >= 4 is 35.2 Å². The fourth-order valence-electron chi connectivity index (χ4n) is 3.70. The van der Waals surface area contributed by atoms with Crippen LogP contribution in [-0.4, -0.2) is 57.2 Å². The van der Waals surface area contributed by atoms with Gasteiger partial charge in [-0.2, -0.15) is 0 Å². The van der Waals surface area contributed by atoms with Gasteiger partial charge in [0, 0.05) is 24.9 Å². The number of carbonyl (C=O) groups is 3. The van der Waals surface area contributed by atoms with Crippen LogP contribution < -0.4 is 9.64 Å². The highest BCUT2D eigenvalue weighted by Gasteiger charge is 2.53. The van der Waals surface area contributed by atoms with Gasteiger partial charge in [-0.1, -0.05) is 12.1 Å². The molecule has 9 nitrogen and oxygen atoms in total. The molecule has 2 N–H and O–H groups in total. The lowest BCUT2D eigenvalue weighted by Crippen LogP contribution is -2.69. The van der Waals surface area contributed by atoms with E-state index >= 15 is 0 Å². The molecular weight excluding hydrogens is 448 g/mol. The number of phenolic OH excluding ortho intramolecular Hbond substituents is 2. The van der Waals surface area contributed by atoms with Gasteiger partial charge in [0.15, 0.2) is 0 Å². The van der Waals surface area contributed by atoms with Crippen LogP contribution in [0.15, 0.2) is 54.2 Å². The van der Waals surface area contributed by atoms with Crippen LogP contribution in [0.3, 0.4) is 0 Å². The summed E-state index contributed by atoms with van der Waals surface area (Å²) in [4.78, 5) is 40.3. The smallest absolute Gasteiger partial charge is 0.336 e. The molecule has 2 aromatic rings. The van der Waals surface area contributed by atoms with Crippen LogP contribution in [0.2, 0.25) is 0 Å². The van der Waals surface area contributed by atoms with E-state index in [1.807, 2.05) is 0 Å². The van der Waals surface area contributed by atoms with Crippen LogP contribution >= 0.6 is 11.8 Å². The van der Waals surface area contributed by atoms with E-state index in [1.165, 1.54) is 46.8 Å². The van der Waals surface area contributed by atoms with Crippen molar-refractivity contribution in [2.75, 3.05) is 17.8 Å². The fourth-order valence-corrected chi connectivity index (χ4v) is 4.99. The zero-order chi connectivity index (χ0) is 23.7. The molecule has 2 atom stereocenters. The molecule has 1 fully saturated rings. The third-order valence-electron chi connectivity index (χ3n) is 5.38. The average Bonchev–Trinajstić information content (AvgIpc) is 2.81. The van der Waals surface area contributed by atoms with E-state index in [9.17, 15) is 24.6 Å². The van der Waals surface area contributed by atoms with Crippen molar-refractivity contribution in [3.05, 3.63) is 59.8 Å². The first-order valence-corrected chi connectivity index (χ1v) is 11.1. The van der Waals surface area contributed by atoms with Gasteiger partial charge in [0.05, 0.1) is 18.4 Å². The van der Waals surface area contributed by atoms with Crippen molar-refractivity contribution < 1.29 is 34.1 Å². The highest BCUT2D eigenvalue weighted by Crippen LogP contribution is 2.42. The summed E-state index contributed by atoms with van der Waals surface area (Å²) in [6.07, 6.45) is 1.46. The van der Waals surface area contributed by atoms with Crippen LogP contribution in [0.1, 0.15) is 12.5 Å². The third kappa shape index (κ3) is 4.34. The van der Waals surface area contributed by atoms with Gasteiger partial charge in [-0.15, -0.1) is 11.8 Å². The molecule has 0 aliphatic carbocycles. The first-order chi connectivity index (χ1) is 15.8. The largest absolute Gasteiger partial charge is 0.508 e. The van der Waals surface area contributed by atoms with Crippen molar-refractivity contribution in [2.45, 2.75) is 24.9 Å². The van der Waals surface area contributed by atoms with E-state index in [0.29, 0.717) is 17.1 Å². The minimum Gasteiger partial charge on any atom is -0.508 e. The number of hydrogen-bond acceptors (Lipinski definition) is 8. The average molecular weight is 471 g/mol. The van der Waals surface area contributed by atoms with Crippen molar-refractivity contribution in [3.8, 4) is 17.2 Å². The second-order valence-corrected chi connectivity index (χ2v) is 8.64. The molecule has 2 aliphatic rings. The Kier molecular flexibility index (Phi) is 6.19. The molecule has 2 amide bonds. The SMILES string of the molecule is COc1ccc(COC(=O)C2=CN3C(=O)C(N(C(C)=O)c4ccc(O)cc4O)[C@H]3SC2)cc1. The Hall–Kier alpha value is -3.66. The number of carbonyl (C=O) groups excluding carboxylic acids is 3. The number of fused-ring (bicyclic) bond motifs is 1. The van der Waals surface area contributed by atoms with Gasteiger partial charge in [0.2, 0.25) is 5.91 Å². The second-order valence-electron chi connectivity index (χ2n) is 7.53. The number of β-lactam (4-membered cyclic amide) rings is 1. The Morgan fingerprint density at radius 1 is 1.18 bits per heavy atom. The zero-order valence-electron chi connectivity index (χ0n) is 17.9. The third-order valence-corrected chi connectivity index (χ3v) is 6.69. The topological polar surface area (TPSA) is 117 Å². The first-order valence-electron chi connectivity index (χ1n) is 10.1. The number of anilines is 1. The summed E-state index contributed by atoms with van der Waals surface area (Å²) in [7, 11) is 1.57. The lowest BCUT2D eigenvalue weighted by molar-refractivity contribution is -0.143. The summed E-state index contributed by atoms with van der Waals surface area (Å²) < 4.78 is 10.5. The summed E-state index contributed by atoms with van der Waals surface area (Å²) >= 11 is 1.33. The Bertz CT molecular complexity index is 1130. The molecule has 10 heteroatoms. The normalized spacial score (nSPS) is 19.2. The summed E-state index contributed by atoms with van der Waals surface area (Å²) in [6.45, 7) is 1.39. The number of hydrogen-bond donors (Lipinski definition) is 2. The molecule has 33 heavy (non-hydrogen) atoms. The van der Waals surface area contributed by atoms with Crippen molar-refractivity contribution in [1.82, 2.24) is 4.90 Å². The van der Waals surface area contributed by atoms with Crippen LogP contribution in [0.5, 0.6) is 17.2 Å². The molecule has 2 aliphatic heterocycles. The molecule has 0 spiro atoms. The predicted octanol–water partition coefficient (Wildman–Crippen LogP) is 2.37. The lowest BCUT2D eigenvalue weighted by atomic mass is 10.0. The van der Waals surface area contributed by atoms with E-state index < -0.39 is 23.3 Å². The summed E-state index contributed by atoms with van der Waals surface area (Å²) in [5, 5.41) is 19.3. The molecule has 4 rings (SSSR count). The molecule has 1 unspecified atom stereocenters. The Balaban J connectivity index is 1.45. The summed E-state index contributed by atoms with van der Waals surface area (Å²) in [6, 6.07) is 10.1. The Morgan fingerprint density at radius 3 is 2.55 bits per heavy atom. The second kappa shape index (κ2) is 9.07. The lowest BCUT2D eigenvalue weighted by Gasteiger charge is -2.50. The number of nitrogens with zero attached hydrogens (tertiary/aromatic N) is 2. The molecule has 172 valence electrons. The van der Waals surface area contributed by atoms with Crippen LogP contribution in [0.25, 0.3) is 0 Å². The van der Waals surface area contributed by atoms with Gasteiger partial charge in [0.1, 0.15) is 35.3 Å². The van der Waals surface area contributed by atoms with E-state index in [4.69, 9.17) is 9.47 Å². The number of amides is 2. The van der Waals surface area contributed by atoms with Gasteiger partial charge in [0.25, 0.3) is 5.91 Å². The van der Waals surface area contributed by atoms with E-state index in [0.717, 1.165) is 11.6 Å². The maximum atomic E-state index is 12.9. The van der Waals surface area contributed by atoms with Crippen molar-refractivity contribution in [3.63, 3.8) is 0 Å². The number of thioether (sulfide) groups is 1. The van der Waals surface area contributed by atoms with Gasteiger partial charge in [-0.05, 0) is 29.8 Å². The van der Waals surface area contributed by atoms with Gasteiger partial charge >= 0.3 is 5.97 Å². The molecule has 1 saturated heterocycles. The quantitative estimate of drug-likeness (QED) is 0.488. The minimum absolute atomic E-state index is 0.0864. The van der Waals surface area contributed by atoms with Gasteiger partial charge in [-0.25, -0.2) is 4.79 Å². The minimum atomic E-state index is -0.837. The van der Waals surface area contributed by atoms with Gasteiger partial charge < -0.3 is 24.6 Å². The summed E-state index contributed by atoms with van der Waals surface area (Å²) in [5.74, 6) is -0.788. The van der Waals surface area contributed by atoms with Crippen LogP contribution in [-0.2, 0) is 25.7 Å². The van der Waals surface area contributed by atoms with E-state index in [-0.39, 0.29) is 29.7 Å². The molecule has 2 heterocycles. The molecule has 2 aromatic carbocycles. The number of benzene rings is 2. The summed E-state index contributed by atoms with van der Waals surface area (Å²) in [5.41, 5.74) is 1.28. The molecule has 0 aromatic heterocycles. The van der Waals surface area contributed by atoms with Crippen LogP contribution in [0.4, 0.5) is 5.69 Å². The van der Waals surface area contributed by atoms with E-state index in [1.54, 1.807) is 31.4 Å². The highest BCUT2D eigenvalue weighted by molar-refractivity contribution is 8.00. The Labute approximate surface area is 194 Å². The standard InChI is InChI=1S/C23H22N2O7S/c1-13(26)25(18-8-5-16(27)9-19(18)28)20-21(29)24-10-15(12-33-22(20)24)23(30)32-11-14-3-6-17(31-2)7-4-14/h3-10,20,22,27-28H,11-12H2,1-2H3/t20?,22-/m1/s1. The molecule has 0 radical (unpaired) electrons. The Morgan fingerprint density at radius 2 is 1.91 bits per heavy atom. The van der Waals surface area contributed by atoms with Crippen molar-refractivity contribution in [2.24, 2.45) is 0 Å². The molecule has 0 bridgehead atoms.